The molecule has 9 heavy (non-hydrogen) atoms. The van der Waals surface area contributed by atoms with Gasteiger partial charge in [-0.25, -0.2) is 4.79 Å². The van der Waals surface area contributed by atoms with Gasteiger partial charge in [-0.2, -0.15) is 11.8 Å². The Bertz CT molecular complexity index is 228. The second-order valence-electron chi connectivity index (χ2n) is 1.47. The second-order valence-corrected chi connectivity index (χ2v) is 2.34. The molecule has 0 radical (unpaired) electrons. The van der Waals surface area contributed by atoms with Gasteiger partial charge in [0.15, 0.2) is 5.82 Å². The smallest absolute Gasteiger partial charge is 0.296 e. The number of nitrogens with one attached hydrogen (secondary N) is 1. The molecular weight excluding hydrogens is 140 g/mol. The summed E-state index contributed by atoms with van der Waals surface area (Å²) in [6.45, 7) is 0. The van der Waals surface area contributed by atoms with Crippen molar-refractivity contribution in [2.24, 2.45) is 0 Å². The van der Waals surface area contributed by atoms with E-state index in [2.05, 4.69) is 14.7 Å². The van der Waals surface area contributed by atoms with Gasteiger partial charge in [-0.1, -0.05) is 5.16 Å². The summed E-state index contributed by atoms with van der Waals surface area (Å²) in [6.07, 6.45) is 1.92. The summed E-state index contributed by atoms with van der Waals surface area (Å²) < 4.78 is 4.24. The van der Waals surface area contributed by atoms with Gasteiger partial charge in [-0.05, 0) is 6.26 Å². The predicted octanol–water partition coefficient (Wildman–Crippen LogP) is 0.226. The highest BCUT2D eigenvalue weighted by molar-refractivity contribution is 7.97. The molecule has 0 aliphatic heterocycles. The van der Waals surface area contributed by atoms with Crippen molar-refractivity contribution in [3.63, 3.8) is 0 Å². The van der Waals surface area contributed by atoms with Crippen molar-refractivity contribution in [3.05, 3.63) is 16.4 Å². The van der Waals surface area contributed by atoms with Crippen molar-refractivity contribution < 1.29 is 4.52 Å². The Morgan fingerprint density at radius 1 is 1.89 bits per heavy atom. The van der Waals surface area contributed by atoms with Crippen molar-refractivity contribution in [2.45, 2.75) is 5.75 Å². The minimum Gasteiger partial charge on any atom is -0.296 e. The molecule has 1 aromatic heterocycles. The van der Waals surface area contributed by atoms with E-state index in [0.29, 0.717) is 11.6 Å². The molecule has 1 heterocycles. The first-order chi connectivity index (χ1) is 4.33. The molecule has 0 aliphatic carbocycles. The fourth-order valence-corrected chi connectivity index (χ4v) is 0.857. The van der Waals surface area contributed by atoms with Gasteiger partial charge in [-0.3, -0.25) is 9.51 Å². The summed E-state index contributed by atoms with van der Waals surface area (Å²) in [6, 6.07) is 0. The van der Waals surface area contributed by atoms with Gasteiger partial charge in [0.25, 0.3) is 0 Å². The van der Waals surface area contributed by atoms with E-state index >= 15 is 0 Å². The van der Waals surface area contributed by atoms with Gasteiger partial charge in [0.2, 0.25) is 0 Å². The minimum absolute atomic E-state index is 0.487. The van der Waals surface area contributed by atoms with Crippen molar-refractivity contribution in [2.75, 3.05) is 6.26 Å². The Morgan fingerprint density at radius 2 is 2.67 bits per heavy atom. The SMILES string of the molecule is CSCc1noc(=O)[nH]1. The zero-order chi connectivity index (χ0) is 6.69. The Morgan fingerprint density at radius 3 is 3.11 bits per heavy atom. The minimum atomic E-state index is -0.487. The van der Waals surface area contributed by atoms with Crippen molar-refractivity contribution in [3.8, 4) is 0 Å². The number of nitrogens with zero attached hydrogens (tertiary/aromatic N) is 1. The molecule has 0 unspecified atom stereocenters. The first kappa shape index (κ1) is 6.41. The summed E-state index contributed by atoms with van der Waals surface area (Å²) in [5.41, 5.74) is 0. The number of rotatable bonds is 2. The van der Waals surface area contributed by atoms with E-state index < -0.39 is 5.76 Å². The third-order valence-electron chi connectivity index (χ3n) is 0.766. The number of H-pyrrole nitrogens is 1. The van der Waals surface area contributed by atoms with E-state index in [1.54, 1.807) is 11.8 Å². The van der Waals surface area contributed by atoms with Crippen LogP contribution in [0.2, 0.25) is 0 Å². The average molecular weight is 146 g/mol. The molecule has 0 atom stereocenters. The molecule has 1 rings (SSSR count). The zero-order valence-corrected chi connectivity index (χ0v) is 5.70. The molecule has 0 amide bonds. The van der Waals surface area contributed by atoms with E-state index in [9.17, 15) is 4.79 Å². The molecule has 0 spiro atoms. The maximum Gasteiger partial charge on any atom is 0.438 e. The molecule has 0 aromatic carbocycles. The number of thioether (sulfide) groups is 1. The van der Waals surface area contributed by atoms with Gasteiger partial charge < -0.3 is 0 Å². The highest BCUT2D eigenvalue weighted by Gasteiger charge is 1.95. The van der Waals surface area contributed by atoms with Crippen LogP contribution in [0.5, 0.6) is 0 Å². The molecule has 5 heteroatoms. The highest BCUT2D eigenvalue weighted by atomic mass is 32.2. The maximum absolute atomic E-state index is 10.3. The first-order valence-corrected chi connectivity index (χ1v) is 3.76. The number of aromatic amines is 1. The van der Waals surface area contributed by atoms with Crippen LogP contribution < -0.4 is 5.76 Å². The van der Waals surface area contributed by atoms with E-state index in [1.807, 2.05) is 6.26 Å². The van der Waals surface area contributed by atoms with Crippen LogP contribution >= 0.6 is 11.8 Å². The lowest BCUT2D eigenvalue weighted by atomic mass is 10.7. The fourth-order valence-electron chi connectivity index (χ4n) is 0.459. The number of hydrogen-bond acceptors (Lipinski definition) is 4. The van der Waals surface area contributed by atoms with Crippen LogP contribution in [0.4, 0.5) is 0 Å². The van der Waals surface area contributed by atoms with Gasteiger partial charge in [0.1, 0.15) is 0 Å². The zero-order valence-electron chi connectivity index (χ0n) is 4.88. The average Bonchev–Trinajstić information content (AvgIpc) is 2.17. The quantitative estimate of drug-likeness (QED) is 0.648. The lowest BCUT2D eigenvalue weighted by Gasteiger charge is -1.82. The summed E-state index contributed by atoms with van der Waals surface area (Å²) in [7, 11) is 0. The third-order valence-corrected chi connectivity index (χ3v) is 1.33. The van der Waals surface area contributed by atoms with Gasteiger partial charge in [0, 0.05) is 0 Å². The van der Waals surface area contributed by atoms with Crippen LogP contribution in [0.1, 0.15) is 5.82 Å². The summed E-state index contributed by atoms with van der Waals surface area (Å²) in [5, 5.41) is 3.44. The van der Waals surface area contributed by atoms with Crippen LogP contribution in [-0.2, 0) is 5.75 Å². The van der Waals surface area contributed by atoms with Gasteiger partial charge in [0.05, 0.1) is 5.75 Å². The Hall–Kier alpha value is -0.710. The van der Waals surface area contributed by atoms with Crippen LogP contribution in [0, 0.1) is 0 Å². The molecule has 0 aliphatic rings. The fraction of sp³-hybridized carbons (Fsp3) is 0.500. The molecule has 1 aromatic rings. The van der Waals surface area contributed by atoms with E-state index in [4.69, 9.17) is 0 Å². The number of aromatic nitrogens is 2. The molecule has 0 bridgehead atoms. The summed E-state index contributed by atoms with van der Waals surface area (Å²) in [4.78, 5) is 12.7. The molecule has 50 valence electrons. The highest BCUT2D eigenvalue weighted by Crippen LogP contribution is 1.99. The van der Waals surface area contributed by atoms with Gasteiger partial charge in [-0.15, -0.1) is 0 Å². The standard InChI is InChI=1S/C4H6N2O2S/c1-9-2-3-5-4(7)8-6-3/h2H2,1H3,(H,5,6,7). The Kier molecular flexibility index (Phi) is 1.94. The molecule has 0 saturated carbocycles. The number of hydrogen-bond donors (Lipinski definition) is 1. The van der Waals surface area contributed by atoms with E-state index in [0.717, 1.165) is 0 Å². The predicted molar refractivity (Wildman–Crippen MR) is 34.3 cm³/mol. The largest absolute Gasteiger partial charge is 0.438 e. The molecule has 1 N–H and O–H groups in total. The summed E-state index contributed by atoms with van der Waals surface area (Å²) in [5.74, 6) is 0.790. The Labute approximate surface area is 55.6 Å². The van der Waals surface area contributed by atoms with Crippen LogP contribution in [-0.4, -0.2) is 16.4 Å². The van der Waals surface area contributed by atoms with Crippen molar-refractivity contribution in [1.82, 2.24) is 10.1 Å². The molecule has 0 fully saturated rings. The molecular formula is C4H6N2O2S. The van der Waals surface area contributed by atoms with Crippen LogP contribution in [0.15, 0.2) is 9.32 Å². The molecule has 0 saturated heterocycles. The van der Waals surface area contributed by atoms with Crippen LogP contribution in [0.25, 0.3) is 0 Å². The first-order valence-electron chi connectivity index (χ1n) is 2.36. The Balaban J connectivity index is 2.73. The van der Waals surface area contributed by atoms with E-state index in [-0.39, 0.29) is 0 Å². The van der Waals surface area contributed by atoms with Crippen LogP contribution in [0.3, 0.4) is 0 Å². The maximum atomic E-state index is 10.3. The lowest BCUT2D eigenvalue weighted by molar-refractivity contribution is 0.383. The third kappa shape index (κ3) is 1.60. The second kappa shape index (κ2) is 2.72. The van der Waals surface area contributed by atoms with Crippen molar-refractivity contribution >= 4 is 11.8 Å². The normalized spacial score (nSPS) is 9.89. The van der Waals surface area contributed by atoms with Crippen molar-refractivity contribution in [1.29, 1.82) is 0 Å². The topological polar surface area (TPSA) is 58.9 Å². The summed E-state index contributed by atoms with van der Waals surface area (Å²) >= 11 is 1.58. The van der Waals surface area contributed by atoms with Gasteiger partial charge >= 0.3 is 5.76 Å². The lowest BCUT2D eigenvalue weighted by Crippen LogP contribution is -1.95. The van der Waals surface area contributed by atoms with E-state index in [1.165, 1.54) is 0 Å². The monoisotopic (exact) mass is 146 g/mol. The molecule has 4 nitrogen and oxygen atoms in total.